The molecule has 6 heteroatoms. The van der Waals surface area contributed by atoms with Gasteiger partial charge in [-0.25, -0.2) is 0 Å². The van der Waals surface area contributed by atoms with Crippen LogP contribution in [0.3, 0.4) is 0 Å². The maximum atomic E-state index is 11.5. The molecule has 0 aliphatic carbocycles. The molecule has 3 heterocycles. The van der Waals surface area contributed by atoms with Gasteiger partial charge in [-0.05, 0) is 47.7 Å². The van der Waals surface area contributed by atoms with Crippen LogP contribution in [-0.4, -0.2) is 22.2 Å². The van der Waals surface area contributed by atoms with E-state index in [4.69, 9.17) is 5.73 Å². The normalized spacial score (nSPS) is 17.1. The quantitative estimate of drug-likeness (QED) is 0.750. The minimum Gasteiger partial charge on any atom is -0.365 e. The van der Waals surface area contributed by atoms with E-state index in [1.54, 1.807) is 17.5 Å². The summed E-state index contributed by atoms with van der Waals surface area (Å²) in [5, 5.41) is 11.4. The zero-order chi connectivity index (χ0) is 16.5. The Morgan fingerprint density at radius 2 is 2.29 bits per heavy atom. The van der Waals surface area contributed by atoms with Gasteiger partial charge >= 0.3 is 0 Å². The van der Waals surface area contributed by atoms with Crippen LogP contribution in [0.4, 0.5) is 0 Å². The lowest BCUT2D eigenvalue weighted by molar-refractivity contribution is 0.0998. The molecule has 1 unspecified atom stereocenters. The molecule has 0 fully saturated rings. The third-order valence-electron chi connectivity index (χ3n) is 4.75. The van der Waals surface area contributed by atoms with E-state index in [-0.39, 0.29) is 5.91 Å². The molecule has 1 aromatic carbocycles. The van der Waals surface area contributed by atoms with Gasteiger partial charge in [-0.1, -0.05) is 18.2 Å². The standard InChI is InChI=1S/C18H20N4OS/c19-18(23)15-10-21-22-6-5-12(7-16(15)22)8-20-9-13-11-24-17-4-2-1-3-14(13)17/h1-4,10-12,20H,5-9H2,(H2,19,23). The number of benzene rings is 1. The lowest BCUT2D eigenvalue weighted by atomic mass is 9.94. The lowest BCUT2D eigenvalue weighted by Gasteiger charge is -2.24. The third-order valence-corrected chi connectivity index (χ3v) is 5.77. The smallest absolute Gasteiger partial charge is 0.252 e. The number of nitrogens with one attached hydrogen (secondary N) is 1. The highest BCUT2D eigenvalue weighted by Crippen LogP contribution is 2.26. The van der Waals surface area contributed by atoms with Gasteiger partial charge in [-0.15, -0.1) is 11.3 Å². The first-order valence-electron chi connectivity index (χ1n) is 8.22. The summed E-state index contributed by atoms with van der Waals surface area (Å²) in [4.78, 5) is 11.5. The molecule has 3 aromatic rings. The first kappa shape index (κ1) is 15.4. The van der Waals surface area contributed by atoms with E-state index in [1.807, 2.05) is 4.68 Å². The number of amides is 1. The van der Waals surface area contributed by atoms with Gasteiger partial charge in [-0.2, -0.15) is 5.10 Å². The fraction of sp³-hybridized carbons (Fsp3) is 0.333. The van der Waals surface area contributed by atoms with Crippen molar-refractivity contribution < 1.29 is 4.79 Å². The van der Waals surface area contributed by atoms with E-state index in [9.17, 15) is 4.79 Å². The van der Waals surface area contributed by atoms with Crippen LogP contribution in [0.2, 0.25) is 0 Å². The minimum absolute atomic E-state index is 0.380. The Kier molecular flexibility index (Phi) is 4.08. The van der Waals surface area contributed by atoms with E-state index in [1.165, 1.54) is 15.6 Å². The number of thiophene rings is 1. The molecule has 1 atom stereocenters. The molecular formula is C18H20N4OS. The molecule has 2 aromatic heterocycles. The largest absolute Gasteiger partial charge is 0.365 e. The molecule has 1 aliphatic heterocycles. The SMILES string of the molecule is NC(=O)c1cnn2c1CC(CNCc1csc3ccccc13)CC2. The number of nitrogens with two attached hydrogens (primary N) is 1. The molecule has 124 valence electrons. The summed E-state index contributed by atoms with van der Waals surface area (Å²) in [6.07, 6.45) is 3.53. The van der Waals surface area contributed by atoms with Crippen LogP contribution in [0.15, 0.2) is 35.8 Å². The Hall–Kier alpha value is -2.18. The van der Waals surface area contributed by atoms with Crippen LogP contribution in [0, 0.1) is 5.92 Å². The van der Waals surface area contributed by atoms with Gasteiger partial charge in [0.25, 0.3) is 5.91 Å². The molecule has 0 saturated carbocycles. The number of aromatic nitrogens is 2. The molecule has 0 radical (unpaired) electrons. The number of carbonyl (C=O) groups excluding carboxylic acids is 1. The Bertz CT molecular complexity index is 882. The van der Waals surface area contributed by atoms with Gasteiger partial charge in [0, 0.05) is 17.8 Å². The Morgan fingerprint density at radius 1 is 1.42 bits per heavy atom. The highest BCUT2D eigenvalue weighted by Gasteiger charge is 2.24. The Labute approximate surface area is 144 Å². The molecule has 1 amide bonds. The van der Waals surface area contributed by atoms with Crippen LogP contribution in [-0.2, 0) is 19.5 Å². The molecule has 1 aliphatic rings. The summed E-state index contributed by atoms with van der Waals surface area (Å²) in [5.41, 5.74) is 8.35. The van der Waals surface area contributed by atoms with Crippen molar-refractivity contribution in [2.24, 2.45) is 11.7 Å². The number of hydrogen-bond acceptors (Lipinski definition) is 4. The van der Waals surface area contributed by atoms with E-state index < -0.39 is 0 Å². The van der Waals surface area contributed by atoms with E-state index in [0.29, 0.717) is 11.5 Å². The Morgan fingerprint density at radius 3 is 3.17 bits per heavy atom. The molecule has 5 nitrogen and oxygen atoms in total. The minimum atomic E-state index is -0.380. The van der Waals surface area contributed by atoms with Gasteiger partial charge < -0.3 is 11.1 Å². The van der Waals surface area contributed by atoms with Crippen molar-refractivity contribution in [3.63, 3.8) is 0 Å². The number of rotatable bonds is 5. The number of aryl methyl sites for hydroxylation is 1. The predicted molar refractivity (Wildman–Crippen MR) is 96.1 cm³/mol. The second kappa shape index (κ2) is 6.37. The zero-order valence-corrected chi connectivity index (χ0v) is 14.2. The molecule has 0 saturated heterocycles. The first-order chi connectivity index (χ1) is 11.7. The summed E-state index contributed by atoms with van der Waals surface area (Å²) in [7, 11) is 0. The highest BCUT2D eigenvalue weighted by molar-refractivity contribution is 7.17. The van der Waals surface area contributed by atoms with Crippen molar-refractivity contribution in [1.29, 1.82) is 0 Å². The molecule has 24 heavy (non-hydrogen) atoms. The second-order valence-electron chi connectivity index (χ2n) is 6.34. The van der Waals surface area contributed by atoms with Crippen molar-refractivity contribution in [2.45, 2.75) is 25.9 Å². The zero-order valence-electron chi connectivity index (χ0n) is 13.4. The lowest BCUT2D eigenvalue weighted by Crippen LogP contribution is -2.30. The summed E-state index contributed by atoms with van der Waals surface area (Å²) < 4.78 is 3.25. The van der Waals surface area contributed by atoms with Crippen LogP contribution >= 0.6 is 11.3 Å². The van der Waals surface area contributed by atoms with Gasteiger partial charge in [0.15, 0.2) is 0 Å². The maximum absolute atomic E-state index is 11.5. The van der Waals surface area contributed by atoms with Crippen LogP contribution in [0.1, 0.15) is 28.0 Å². The summed E-state index contributed by atoms with van der Waals surface area (Å²) in [6.45, 7) is 2.67. The van der Waals surface area contributed by atoms with Crippen molar-refractivity contribution in [3.8, 4) is 0 Å². The third kappa shape index (κ3) is 2.83. The number of primary amides is 1. The molecule has 3 N–H and O–H groups in total. The fourth-order valence-corrected chi connectivity index (χ4v) is 4.42. The molecule has 4 rings (SSSR count). The fourth-order valence-electron chi connectivity index (χ4n) is 3.46. The summed E-state index contributed by atoms with van der Waals surface area (Å²) in [6, 6.07) is 8.52. The van der Waals surface area contributed by atoms with Crippen molar-refractivity contribution >= 4 is 27.3 Å². The van der Waals surface area contributed by atoms with Gasteiger partial charge in [0.1, 0.15) is 0 Å². The van der Waals surface area contributed by atoms with Crippen molar-refractivity contribution in [2.75, 3.05) is 6.54 Å². The monoisotopic (exact) mass is 340 g/mol. The topological polar surface area (TPSA) is 72.9 Å². The van der Waals surface area contributed by atoms with Gasteiger partial charge in [0.05, 0.1) is 17.5 Å². The Balaban J connectivity index is 1.38. The molecule has 0 bridgehead atoms. The van der Waals surface area contributed by atoms with E-state index >= 15 is 0 Å². The maximum Gasteiger partial charge on any atom is 0.252 e. The van der Waals surface area contributed by atoms with Crippen LogP contribution in [0.5, 0.6) is 0 Å². The van der Waals surface area contributed by atoms with Crippen LogP contribution < -0.4 is 11.1 Å². The van der Waals surface area contributed by atoms with E-state index in [2.05, 4.69) is 40.1 Å². The van der Waals surface area contributed by atoms with Crippen molar-refractivity contribution in [3.05, 3.63) is 52.7 Å². The summed E-state index contributed by atoms with van der Waals surface area (Å²) in [5.74, 6) is 0.131. The van der Waals surface area contributed by atoms with Crippen molar-refractivity contribution in [1.82, 2.24) is 15.1 Å². The number of hydrogen-bond donors (Lipinski definition) is 2. The van der Waals surface area contributed by atoms with E-state index in [0.717, 1.165) is 38.2 Å². The highest BCUT2D eigenvalue weighted by atomic mass is 32.1. The van der Waals surface area contributed by atoms with Crippen LogP contribution in [0.25, 0.3) is 10.1 Å². The average Bonchev–Trinajstić information content (AvgIpc) is 3.19. The number of carbonyl (C=O) groups is 1. The molecule has 0 spiro atoms. The molecular weight excluding hydrogens is 320 g/mol. The second-order valence-corrected chi connectivity index (χ2v) is 7.25. The predicted octanol–water partition coefficient (Wildman–Crippen LogP) is 2.55. The average molecular weight is 340 g/mol. The van der Waals surface area contributed by atoms with Gasteiger partial charge in [0.2, 0.25) is 0 Å². The summed E-state index contributed by atoms with van der Waals surface area (Å²) >= 11 is 1.79. The van der Waals surface area contributed by atoms with Gasteiger partial charge in [-0.3, -0.25) is 9.48 Å². The number of fused-ring (bicyclic) bond motifs is 2. The number of nitrogens with zero attached hydrogens (tertiary/aromatic N) is 2. The first-order valence-corrected chi connectivity index (χ1v) is 9.10.